The second-order valence-electron chi connectivity index (χ2n) is 16.4. The molecule has 0 saturated carbocycles. The van der Waals surface area contributed by atoms with Crippen molar-refractivity contribution in [2.45, 2.75) is 46.8 Å². The number of hydrogen-bond acceptors (Lipinski definition) is 16. The molecule has 1 aliphatic heterocycles. The Labute approximate surface area is 413 Å². The van der Waals surface area contributed by atoms with Gasteiger partial charge in [0.1, 0.15) is 0 Å². The molecule has 2 amide bonds. The summed E-state index contributed by atoms with van der Waals surface area (Å²) in [5.74, 6) is 3.45. The van der Waals surface area contributed by atoms with Gasteiger partial charge in [-0.25, -0.2) is 0 Å². The first kappa shape index (κ1) is 53.0. The number of ether oxygens (including phenoxy) is 5. The number of nitrogens with two attached hydrogens (primary N) is 2. The van der Waals surface area contributed by atoms with Crippen LogP contribution < -0.4 is 46.4 Å². The maximum absolute atomic E-state index is 12.2. The fraction of sp³-hybridized carbons (Fsp3) is 0.385. The third-order valence-corrected chi connectivity index (χ3v) is 12.9. The number of benzene rings is 4. The number of hydrogen-bond donors (Lipinski definition) is 7. The van der Waals surface area contributed by atoms with E-state index in [1.807, 2.05) is 81.1 Å². The molecule has 1 aliphatic rings. The average Bonchev–Trinajstić information content (AvgIpc) is 3.37. The highest BCUT2D eigenvalue weighted by atomic mass is 32.2. The van der Waals surface area contributed by atoms with Gasteiger partial charge in [-0.15, -0.1) is 0 Å². The van der Waals surface area contributed by atoms with Crippen molar-refractivity contribution in [3.05, 3.63) is 106 Å². The Morgan fingerprint density at radius 1 is 0.700 bits per heavy atom. The van der Waals surface area contributed by atoms with E-state index >= 15 is 0 Å². The molecule has 0 radical (unpaired) electrons. The zero-order valence-corrected chi connectivity index (χ0v) is 41.5. The Morgan fingerprint density at radius 2 is 1.20 bits per heavy atom. The van der Waals surface area contributed by atoms with Crippen molar-refractivity contribution in [1.82, 2.24) is 20.2 Å². The number of methoxy groups -OCH3 is 2. The van der Waals surface area contributed by atoms with Crippen LogP contribution in [0.1, 0.15) is 62.7 Å². The predicted molar refractivity (Wildman–Crippen MR) is 278 cm³/mol. The van der Waals surface area contributed by atoms with Gasteiger partial charge >= 0.3 is 0 Å². The first-order valence-electron chi connectivity index (χ1n) is 23.4. The summed E-state index contributed by atoms with van der Waals surface area (Å²) in [6.45, 7) is 13.0. The second kappa shape index (κ2) is 26.5. The van der Waals surface area contributed by atoms with Crippen molar-refractivity contribution in [2.24, 2.45) is 11.5 Å². The molecule has 6 aromatic rings. The van der Waals surface area contributed by atoms with Crippen LogP contribution in [0.15, 0.2) is 73.1 Å². The van der Waals surface area contributed by atoms with Crippen LogP contribution >= 0.6 is 11.8 Å². The van der Waals surface area contributed by atoms with Crippen LogP contribution in [0, 0.1) is 13.8 Å². The summed E-state index contributed by atoms with van der Waals surface area (Å²) < 4.78 is 28.6. The smallest absolute Gasteiger partial charge is 0.252 e. The summed E-state index contributed by atoms with van der Waals surface area (Å²) in [4.78, 5) is 35.8. The number of nitrogens with one attached hydrogen (secondary N) is 3. The van der Waals surface area contributed by atoms with Crippen LogP contribution in [0.2, 0.25) is 0 Å². The standard InChI is InChI=1S/C26H34N4O5.C26H32N4O4S/c1-4-34-12-10-28-9-6-11-35-24-14-22-19(13-23(24)33-3)25(20(15-29-22)26(27)32)30-21-8-5-7-18(16-31)17(21)2;1-17-18(16-31)5-3-6-21(17)29-25-19-13-23(33-2)24(14-22(19)28-15-20(25)26(27)32)34-10-4-7-30-8-11-35-12-9-30/h5,7-8,13-15,28,31H,4,6,9-12,16H2,1-3H3,(H2,27,32)(H,29,30);3,5-6,13-15,31H,4,7-12,16H2,1-2H3,(H2,27,32)(H,28,29). The minimum atomic E-state index is -0.603. The molecule has 1 saturated heterocycles. The number of carbonyl (C=O) groups excluding carboxylic acids is 2. The molecule has 7 rings (SSSR count). The van der Waals surface area contributed by atoms with E-state index in [1.165, 1.54) is 23.9 Å². The number of anilines is 4. The minimum Gasteiger partial charge on any atom is -0.493 e. The lowest BCUT2D eigenvalue weighted by molar-refractivity contribution is 0.0992. The van der Waals surface area contributed by atoms with Gasteiger partial charge in [-0.1, -0.05) is 24.3 Å². The molecular formula is C52H66N8O9S. The van der Waals surface area contributed by atoms with Crippen LogP contribution in [0.5, 0.6) is 23.0 Å². The summed E-state index contributed by atoms with van der Waals surface area (Å²) in [6.07, 6.45) is 4.67. The lowest BCUT2D eigenvalue weighted by atomic mass is 10.0. The molecule has 4 aromatic carbocycles. The maximum Gasteiger partial charge on any atom is 0.252 e. The van der Waals surface area contributed by atoms with Gasteiger partial charge in [-0.05, 0) is 86.7 Å². The number of aliphatic hydroxyl groups excluding tert-OH is 2. The van der Waals surface area contributed by atoms with E-state index in [1.54, 1.807) is 26.4 Å². The zero-order chi connectivity index (χ0) is 50.0. The van der Waals surface area contributed by atoms with Gasteiger partial charge in [-0.3, -0.25) is 19.6 Å². The minimum absolute atomic E-state index is 0.0770. The van der Waals surface area contributed by atoms with Gasteiger partial charge in [0.2, 0.25) is 0 Å². The molecule has 17 nitrogen and oxygen atoms in total. The molecule has 0 spiro atoms. The van der Waals surface area contributed by atoms with E-state index in [2.05, 4.69) is 30.8 Å². The molecule has 1 fully saturated rings. The van der Waals surface area contributed by atoms with Gasteiger partial charge in [0.15, 0.2) is 23.0 Å². The van der Waals surface area contributed by atoms with E-state index in [-0.39, 0.29) is 24.3 Å². The fourth-order valence-electron chi connectivity index (χ4n) is 7.93. The molecule has 0 atom stereocenters. The zero-order valence-electron chi connectivity index (χ0n) is 40.7. The number of nitrogens with zero attached hydrogens (tertiary/aromatic N) is 3. The number of aromatic nitrogens is 2. The SMILES string of the molecule is CCOCCNCCCOc1cc2ncc(C(N)=O)c(Nc3cccc(CO)c3C)c2cc1OC.COc1cc2c(Nc3cccc(CO)c3C)c(C(N)=O)cnc2cc1OCCCN1CCSCC1. The van der Waals surface area contributed by atoms with Gasteiger partial charge < -0.3 is 66.2 Å². The molecular weight excluding hydrogens is 913 g/mol. The molecule has 70 heavy (non-hydrogen) atoms. The van der Waals surface area contributed by atoms with E-state index in [0.717, 1.165) is 79.2 Å². The van der Waals surface area contributed by atoms with Crippen molar-refractivity contribution in [2.75, 3.05) is 95.5 Å². The summed E-state index contributed by atoms with van der Waals surface area (Å²) in [5.41, 5.74) is 19.0. The monoisotopic (exact) mass is 978 g/mol. The van der Waals surface area contributed by atoms with Crippen LogP contribution in [0.25, 0.3) is 21.8 Å². The second-order valence-corrected chi connectivity index (χ2v) is 17.6. The van der Waals surface area contributed by atoms with Gasteiger partial charge in [0.25, 0.3) is 11.8 Å². The molecule has 0 bridgehead atoms. The summed E-state index contributed by atoms with van der Waals surface area (Å²) in [7, 11) is 3.16. The van der Waals surface area contributed by atoms with Gasteiger partial charge in [-0.2, -0.15) is 11.8 Å². The Kier molecular flexibility index (Phi) is 20.1. The van der Waals surface area contributed by atoms with E-state index in [4.69, 9.17) is 35.2 Å². The molecule has 374 valence electrons. The normalized spacial score (nSPS) is 12.6. The van der Waals surface area contributed by atoms with Crippen LogP contribution in [0.4, 0.5) is 22.7 Å². The summed E-state index contributed by atoms with van der Waals surface area (Å²) in [6, 6.07) is 18.4. The Bertz CT molecular complexity index is 2720. The van der Waals surface area contributed by atoms with Crippen molar-refractivity contribution < 1.29 is 43.5 Å². The number of primary amides is 2. The topological polar surface area (TPSA) is 238 Å². The molecule has 18 heteroatoms. The van der Waals surface area contributed by atoms with Crippen LogP contribution in [-0.2, 0) is 18.0 Å². The number of rotatable bonds is 24. The lowest BCUT2D eigenvalue weighted by Crippen LogP contribution is -2.33. The van der Waals surface area contributed by atoms with E-state index in [0.29, 0.717) is 82.6 Å². The molecule has 0 aliphatic carbocycles. The van der Waals surface area contributed by atoms with Crippen molar-refractivity contribution in [3.63, 3.8) is 0 Å². The highest BCUT2D eigenvalue weighted by Gasteiger charge is 2.20. The summed E-state index contributed by atoms with van der Waals surface area (Å²) >= 11 is 2.01. The Hall–Kier alpha value is -6.41. The number of aliphatic hydroxyl groups is 2. The first-order chi connectivity index (χ1) is 34.0. The van der Waals surface area contributed by atoms with E-state index in [9.17, 15) is 19.8 Å². The van der Waals surface area contributed by atoms with Crippen LogP contribution in [-0.4, -0.2) is 122 Å². The Morgan fingerprint density at radius 3 is 1.66 bits per heavy atom. The number of amides is 2. The third kappa shape index (κ3) is 13.7. The molecule has 2 aromatic heterocycles. The number of pyridine rings is 2. The molecule has 3 heterocycles. The number of fused-ring (bicyclic) bond motifs is 2. The highest BCUT2D eigenvalue weighted by Crippen LogP contribution is 2.40. The Balaban J connectivity index is 0.000000230. The van der Waals surface area contributed by atoms with Gasteiger partial charge in [0, 0.05) is 91.0 Å². The summed E-state index contributed by atoms with van der Waals surface area (Å²) in [5, 5.41) is 30.6. The average molecular weight is 979 g/mol. The number of carbonyl (C=O) groups is 2. The quantitative estimate of drug-likeness (QED) is 0.0303. The van der Waals surface area contributed by atoms with Crippen molar-refractivity contribution in [3.8, 4) is 23.0 Å². The number of thioether (sulfide) groups is 1. The largest absolute Gasteiger partial charge is 0.493 e. The predicted octanol–water partition coefficient (Wildman–Crippen LogP) is 6.99. The highest BCUT2D eigenvalue weighted by molar-refractivity contribution is 7.99. The first-order valence-corrected chi connectivity index (χ1v) is 24.5. The third-order valence-electron chi connectivity index (χ3n) is 12.0. The van der Waals surface area contributed by atoms with Crippen molar-refractivity contribution in [1.29, 1.82) is 0 Å². The lowest BCUT2D eigenvalue weighted by Gasteiger charge is -2.26. The van der Waals surface area contributed by atoms with Gasteiger partial charge in [0.05, 0.1) is 80.8 Å². The van der Waals surface area contributed by atoms with Crippen molar-refractivity contribution >= 4 is 68.1 Å². The van der Waals surface area contributed by atoms with E-state index < -0.39 is 11.8 Å². The molecule has 0 unspecified atom stereocenters. The molecule has 9 N–H and O–H groups in total. The van der Waals surface area contributed by atoms with Crippen LogP contribution in [0.3, 0.4) is 0 Å². The fourth-order valence-corrected chi connectivity index (χ4v) is 8.90. The maximum atomic E-state index is 12.2.